The van der Waals surface area contributed by atoms with Crippen LogP contribution in [0.5, 0.6) is 5.75 Å². The Balaban J connectivity index is 1.92. The van der Waals surface area contributed by atoms with Crippen LogP contribution >= 0.6 is 15.9 Å². The summed E-state index contributed by atoms with van der Waals surface area (Å²) in [5.41, 5.74) is 2.39. The van der Waals surface area contributed by atoms with Gasteiger partial charge in [0.25, 0.3) is 5.91 Å². The molecular weight excluding hydrogens is 334 g/mol. The number of amides is 1. The molecule has 0 aliphatic rings. The Morgan fingerprint density at radius 1 is 1.24 bits per heavy atom. The van der Waals surface area contributed by atoms with Crippen molar-refractivity contribution in [2.75, 3.05) is 11.9 Å². The molecule has 1 N–H and O–H groups in total. The quantitative estimate of drug-likeness (QED) is 0.841. The van der Waals surface area contributed by atoms with Crippen molar-refractivity contribution < 1.29 is 14.3 Å². The normalized spacial score (nSPS) is 10.0. The molecule has 108 valence electrons. The van der Waals surface area contributed by atoms with Gasteiger partial charge in [-0.1, -0.05) is 17.7 Å². The average Bonchev–Trinajstić information content (AvgIpc) is 2.48. The number of rotatable bonds is 5. The maximum absolute atomic E-state index is 11.8. The van der Waals surface area contributed by atoms with Crippen LogP contribution in [-0.4, -0.2) is 18.8 Å². The van der Waals surface area contributed by atoms with E-state index in [1.165, 1.54) is 0 Å². The monoisotopic (exact) mass is 347 g/mol. The molecule has 2 aromatic rings. The molecule has 0 unspecified atom stereocenters. The molecule has 2 aromatic carbocycles. The number of carbonyl (C=O) groups excluding carboxylic acids is 2. The maximum Gasteiger partial charge on any atom is 0.262 e. The summed E-state index contributed by atoms with van der Waals surface area (Å²) in [5.74, 6) is 0.268. The molecule has 0 saturated heterocycles. The molecule has 0 saturated carbocycles. The molecule has 0 heterocycles. The van der Waals surface area contributed by atoms with Crippen molar-refractivity contribution >= 4 is 33.8 Å². The molecule has 5 heteroatoms. The summed E-state index contributed by atoms with van der Waals surface area (Å²) in [4.78, 5) is 22.4. The average molecular weight is 348 g/mol. The predicted octanol–water partition coefficient (Wildman–Crippen LogP) is 3.59. The Kier molecular flexibility index (Phi) is 5.11. The molecule has 21 heavy (non-hydrogen) atoms. The third-order valence-corrected chi connectivity index (χ3v) is 3.41. The first-order valence-corrected chi connectivity index (χ1v) is 7.12. The summed E-state index contributed by atoms with van der Waals surface area (Å²) < 4.78 is 6.05. The van der Waals surface area contributed by atoms with E-state index in [4.69, 9.17) is 4.74 Å². The SMILES string of the molecule is Cc1ccc(NC(=O)COc2ccc(C=O)cc2Br)cc1. The first-order chi connectivity index (χ1) is 10.1. The highest BCUT2D eigenvalue weighted by atomic mass is 79.9. The van der Waals surface area contributed by atoms with Crippen LogP contribution in [-0.2, 0) is 4.79 Å². The van der Waals surface area contributed by atoms with Crippen molar-refractivity contribution in [2.45, 2.75) is 6.92 Å². The van der Waals surface area contributed by atoms with Gasteiger partial charge in [-0.2, -0.15) is 0 Å². The van der Waals surface area contributed by atoms with Gasteiger partial charge in [-0.3, -0.25) is 9.59 Å². The van der Waals surface area contributed by atoms with E-state index in [0.29, 0.717) is 15.8 Å². The number of halogens is 1. The topological polar surface area (TPSA) is 55.4 Å². The van der Waals surface area contributed by atoms with E-state index >= 15 is 0 Å². The lowest BCUT2D eigenvalue weighted by Crippen LogP contribution is -2.20. The van der Waals surface area contributed by atoms with Crippen LogP contribution in [0.1, 0.15) is 15.9 Å². The summed E-state index contributed by atoms with van der Waals surface area (Å²) in [5, 5.41) is 2.75. The number of aryl methyl sites for hydroxylation is 1. The zero-order valence-electron chi connectivity index (χ0n) is 11.4. The second-order valence-electron chi connectivity index (χ2n) is 4.51. The molecule has 2 rings (SSSR count). The van der Waals surface area contributed by atoms with Crippen LogP contribution in [0, 0.1) is 6.92 Å². The Labute approximate surface area is 131 Å². The molecule has 0 aliphatic carbocycles. The smallest absolute Gasteiger partial charge is 0.262 e. The highest BCUT2D eigenvalue weighted by Gasteiger charge is 2.07. The third kappa shape index (κ3) is 4.43. The number of nitrogens with one attached hydrogen (secondary N) is 1. The summed E-state index contributed by atoms with van der Waals surface area (Å²) in [7, 11) is 0. The van der Waals surface area contributed by atoms with Gasteiger partial charge in [0.15, 0.2) is 6.61 Å². The van der Waals surface area contributed by atoms with Crippen molar-refractivity contribution in [3.05, 3.63) is 58.1 Å². The lowest BCUT2D eigenvalue weighted by atomic mass is 10.2. The highest BCUT2D eigenvalue weighted by Crippen LogP contribution is 2.25. The first-order valence-electron chi connectivity index (χ1n) is 6.32. The number of anilines is 1. The summed E-state index contributed by atoms with van der Waals surface area (Å²) in [6, 6.07) is 12.4. The molecule has 4 nitrogen and oxygen atoms in total. The van der Waals surface area contributed by atoms with Gasteiger partial charge in [0, 0.05) is 11.3 Å². The maximum atomic E-state index is 11.8. The predicted molar refractivity (Wildman–Crippen MR) is 84.8 cm³/mol. The Bertz CT molecular complexity index is 653. The van der Waals surface area contributed by atoms with Gasteiger partial charge in [0.2, 0.25) is 0 Å². The highest BCUT2D eigenvalue weighted by molar-refractivity contribution is 9.10. The van der Waals surface area contributed by atoms with Crippen LogP contribution in [0.3, 0.4) is 0 Å². The molecule has 0 atom stereocenters. The minimum absolute atomic E-state index is 0.104. The Hall–Kier alpha value is -2.14. The van der Waals surface area contributed by atoms with E-state index in [1.807, 2.05) is 31.2 Å². The standard InChI is InChI=1S/C16H14BrNO3/c1-11-2-5-13(6-3-11)18-16(20)10-21-15-7-4-12(9-19)8-14(15)17/h2-9H,10H2,1H3,(H,18,20). The van der Waals surface area contributed by atoms with E-state index in [2.05, 4.69) is 21.2 Å². The zero-order valence-corrected chi connectivity index (χ0v) is 13.0. The molecule has 0 radical (unpaired) electrons. The second kappa shape index (κ2) is 7.04. The van der Waals surface area contributed by atoms with Gasteiger partial charge in [0.1, 0.15) is 12.0 Å². The number of aldehydes is 1. The van der Waals surface area contributed by atoms with Gasteiger partial charge in [-0.05, 0) is 53.2 Å². The molecule has 0 aliphatic heterocycles. The number of hydrogen-bond donors (Lipinski definition) is 1. The lowest BCUT2D eigenvalue weighted by molar-refractivity contribution is -0.118. The number of carbonyl (C=O) groups is 2. The minimum atomic E-state index is -0.245. The fourth-order valence-electron chi connectivity index (χ4n) is 1.68. The van der Waals surface area contributed by atoms with E-state index in [0.717, 1.165) is 17.5 Å². The van der Waals surface area contributed by atoms with Crippen molar-refractivity contribution in [2.24, 2.45) is 0 Å². The van der Waals surface area contributed by atoms with Gasteiger partial charge < -0.3 is 10.1 Å². The number of benzene rings is 2. The van der Waals surface area contributed by atoms with Crippen LogP contribution in [0.25, 0.3) is 0 Å². The van der Waals surface area contributed by atoms with E-state index in [-0.39, 0.29) is 12.5 Å². The molecule has 0 fully saturated rings. The molecule has 0 bridgehead atoms. The van der Waals surface area contributed by atoms with Gasteiger partial charge in [-0.25, -0.2) is 0 Å². The van der Waals surface area contributed by atoms with Gasteiger partial charge in [-0.15, -0.1) is 0 Å². The van der Waals surface area contributed by atoms with Crippen molar-refractivity contribution in [1.82, 2.24) is 0 Å². The van der Waals surface area contributed by atoms with E-state index in [9.17, 15) is 9.59 Å². The number of ether oxygens (including phenoxy) is 1. The van der Waals surface area contributed by atoms with Gasteiger partial charge >= 0.3 is 0 Å². The van der Waals surface area contributed by atoms with Crippen LogP contribution < -0.4 is 10.1 Å². The van der Waals surface area contributed by atoms with Crippen molar-refractivity contribution in [3.8, 4) is 5.75 Å². The largest absolute Gasteiger partial charge is 0.483 e. The van der Waals surface area contributed by atoms with Crippen LogP contribution in [0.4, 0.5) is 5.69 Å². The Morgan fingerprint density at radius 2 is 1.95 bits per heavy atom. The van der Waals surface area contributed by atoms with Gasteiger partial charge in [0.05, 0.1) is 4.47 Å². The van der Waals surface area contributed by atoms with Crippen molar-refractivity contribution in [1.29, 1.82) is 0 Å². The molecule has 1 amide bonds. The molecule has 0 spiro atoms. The fraction of sp³-hybridized carbons (Fsp3) is 0.125. The Morgan fingerprint density at radius 3 is 2.57 bits per heavy atom. The molecular formula is C16H14BrNO3. The fourth-order valence-corrected chi connectivity index (χ4v) is 2.20. The first kappa shape index (κ1) is 15.3. The lowest BCUT2D eigenvalue weighted by Gasteiger charge is -2.09. The van der Waals surface area contributed by atoms with Crippen molar-refractivity contribution in [3.63, 3.8) is 0 Å². The molecule has 0 aromatic heterocycles. The number of hydrogen-bond acceptors (Lipinski definition) is 3. The minimum Gasteiger partial charge on any atom is -0.483 e. The van der Waals surface area contributed by atoms with Crippen LogP contribution in [0.2, 0.25) is 0 Å². The van der Waals surface area contributed by atoms with E-state index < -0.39 is 0 Å². The van der Waals surface area contributed by atoms with Crippen LogP contribution in [0.15, 0.2) is 46.9 Å². The summed E-state index contributed by atoms with van der Waals surface area (Å²) >= 11 is 3.30. The third-order valence-electron chi connectivity index (χ3n) is 2.79. The summed E-state index contributed by atoms with van der Waals surface area (Å²) in [6.07, 6.45) is 0.749. The second-order valence-corrected chi connectivity index (χ2v) is 5.36. The zero-order chi connectivity index (χ0) is 15.2. The van der Waals surface area contributed by atoms with E-state index in [1.54, 1.807) is 18.2 Å². The summed E-state index contributed by atoms with van der Waals surface area (Å²) in [6.45, 7) is 1.88.